The van der Waals surface area contributed by atoms with E-state index in [0.29, 0.717) is 12.4 Å². The summed E-state index contributed by atoms with van der Waals surface area (Å²) < 4.78 is 6.32. The van der Waals surface area contributed by atoms with Crippen molar-refractivity contribution in [2.45, 2.75) is 6.54 Å². The average molecular weight is 248 g/mol. The van der Waals surface area contributed by atoms with Crippen molar-refractivity contribution in [1.82, 2.24) is 25.0 Å². The minimum atomic E-state index is -0.512. The highest BCUT2D eigenvalue weighted by Gasteiger charge is 2.07. The van der Waals surface area contributed by atoms with Crippen LogP contribution in [0.2, 0.25) is 0 Å². The van der Waals surface area contributed by atoms with Gasteiger partial charge < -0.3 is 14.6 Å². The maximum Gasteiger partial charge on any atom is 0.358 e. The number of carbonyl (C=O) groups excluding carboxylic acids is 1. The van der Waals surface area contributed by atoms with Crippen molar-refractivity contribution < 1.29 is 9.53 Å². The Kier molecular flexibility index (Phi) is 3.46. The first-order valence-electron chi connectivity index (χ1n) is 5.19. The zero-order chi connectivity index (χ0) is 13.0. The fourth-order valence-electron chi connectivity index (χ4n) is 1.28. The SMILES string of the molecule is COC(=O)c1ccc(NCc2nncn2C)nn1. The van der Waals surface area contributed by atoms with Gasteiger partial charge in [-0.25, -0.2) is 4.79 Å². The minimum Gasteiger partial charge on any atom is -0.464 e. The van der Waals surface area contributed by atoms with Crippen LogP contribution < -0.4 is 5.32 Å². The molecule has 94 valence electrons. The van der Waals surface area contributed by atoms with Crippen molar-refractivity contribution >= 4 is 11.8 Å². The molecular weight excluding hydrogens is 236 g/mol. The molecule has 0 fully saturated rings. The van der Waals surface area contributed by atoms with E-state index < -0.39 is 5.97 Å². The predicted octanol–water partition coefficient (Wildman–Crippen LogP) is 0.00380. The summed E-state index contributed by atoms with van der Waals surface area (Å²) in [7, 11) is 3.15. The van der Waals surface area contributed by atoms with Crippen molar-refractivity contribution in [1.29, 1.82) is 0 Å². The molecule has 0 spiro atoms. The molecule has 2 aromatic rings. The Hall–Kier alpha value is -2.51. The van der Waals surface area contributed by atoms with Gasteiger partial charge in [-0.1, -0.05) is 0 Å². The fraction of sp³-hybridized carbons (Fsp3) is 0.300. The number of nitrogens with one attached hydrogen (secondary N) is 1. The van der Waals surface area contributed by atoms with Gasteiger partial charge in [-0.2, -0.15) is 0 Å². The zero-order valence-corrected chi connectivity index (χ0v) is 9.99. The van der Waals surface area contributed by atoms with E-state index in [9.17, 15) is 4.79 Å². The third-order valence-electron chi connectivity index (χ3n) is 2.29. The van der Waals surface area contributed by atoms with Gasteiger partial charge in [0, 0.05) is 7.05 Å². The van der Waals surface area contributed by atoms with E-state index in [4.69, 9.17) is 0 Å². The normalized spacial score (nSPS) is 10.1. The van der Waals surface area contributed by atoms with Crippen LogP contribution >= 0.6 is 0 Å². The Labute approximate surface area is 103 Å². The number of methoxy groups -OCH3 is 1. The standard InChI is InChI=1S/C10H12N6O2/c1-16-6-12-15-9(16)5-11-8-4-3-7(13-14-8)10(17)18-2/h3-4,6H,5H2,1-2H3,(H,11,14). The summed E-state index contributed by atoms with van der Waals surface area (Å²) in [5.74, 6) is 0.807. The van der Waals surface area contributed by atoms with Gasteiger partial charge in [0.15, 0.2) is 11.5 Å². The van der Waals surface area contributed by atoms with Crippen LogP contribution in [0.3, 0.4) is 0 Å². The second kappa shape index (κ2) is 5.21. The second-order valence-corrected chi connectivity index (χ2v) is 3.51. The molecule has 1 N–H and O–H groups in total. The molecule has 0 bridgehead atoms. The lowest BCUT2D eigenvalue weighted by atomic mass is 10.4. The summed E-state index contributed by atoms with van der Waals surface area (Å²) in [5.41, 5.74) is 0.168. The number of nitrogens with zero attached hydrogens (tertiary/aromatic N) is 5. The molecule has 0 radical (unpaired) electrons. The molecule has 8 nitrogen and oxygen atoms in total. The predicted molar refractivity (Wildman–Crippen MR) is 61.7 cm³/mol. The maximum atomic E-state index is 11.1. The van der Waals surface area contributed by atoms with E-state index in [-0.39, 0.29) is 5.69 Å². The van der Waals surface area contributed by atoms with Gasteiger partial charge in [0.2, 0.25) is 0 Å². The molecule has 8 heteroatoms. The third kappa shape index (κ3) is 2.59. The van der Waals surface area contributed by atoms with Crippen LogP contribution in [0.25, 0.3) is 0 Å². The smallest absolute Gasteiger partial charge is 0.358 e. The highest BCUT2D eigenvalue weighted by Crippen LogP contribution is 2.04. The Morgan fingerprint density at radius 1 is 1.39 bits per heavy atom. The lowest BCUT2D eigenvalue weighted by Gasteiger charge is -2.04. The molecule has 0 aliphatic carbocycles. The molecule has 2 heterocycles. The van der Waals surface area contributed by atoms with Gasteiger partial charge in [0.05, 0.1) is 13.7 Å². The highest BCUT2D eigenvalue weighted by molar-refractivity contribution is 5.86. The second-order valence-electron chi connectivity index (χ2n) is 3.51. The zero-order valence-electron chi connectivity index (χ0n) is 9.99. The number of anilines is 1. The summed E-state index contributed by atoms with van der Waals surface area (Å²) >= 11 is 0. The van der Waals surface area contributed by atoms with E-state index >= 15 is 0 Å². The third-order valence-corrected chi connectivity index (χ3v) is 2.29. The molecular formula is C10H12N6O2. The van der Waals surface area contributed by atoms with Gasteiger partial charge in [-0.05, 0) is 12.1 Å². The van der Waals surface area contributed by atoms with Crippen LogP contribution in [-0.2, 0) is 18.3 Å². The van der Waals surface area contributed by atoms with Crippen molar-refractivity contribution in [2.75, 3.05) is 12.4 Å². The highest BCUT2D eigenvalue weighted by atomic mass is 16.5. The van der Waals surface area contributed by atoms with Crippen molar-refractivity contribution in [3.63, 3.8) is 0 Å². The molecule has 0 aliphatic rings. The van der Waals surface area contributed by atoms with E-state index in [0.717, 1.165) is 5.82 Å². The number of esters is 1. The fourth-order valence-corrected chi connectivity index (χ4v) is 1.28. The van der Waals surface area contributed by atoms with Crippen molar-refractivity contribution in [3.05, 3.63) is 30.0 Å². The van der Waals surface area contributed by atoms with Crippen LogP contribution in [0.5, 0.6) is 0 Å². The monoisotopic (exact) mass is 248 g/mol. The van der Waals surface area contributed by atoms with E-state index in [1.54, 1.807) is 17.0 Å². The Bertz CT molecular complexity index is 536. The van der Waals surface area contributed by atoms with Crippen molar-refractivity contribution in [3.8, 4) is 0 Å². The number of carbonyl (C=O) groups is 1. The van der Waals surface area contributed by atoms with Gasteiger partial charge in [0.1, 0.15) is 12.1 Å². The van der Waals surface area contributed by atoms with E-state index in [1.807, 2.05) is 7.05 Å². The summed E-state index contributed by atoms with van der Waals surface area (Å²) in [6.07, 6.45) is 1.61. The van der Waals surface area contributed by atoms with Crippen LogP contribution in [0.1, 0.15) is 16.3 Å². The number of ether oxygens (including phenoxy) is 1. The quantitative estimate of drug-likeness (QED) is 0.761. The number of aryl methyl sites for hydroxylation is 1. The molecule has 18 heavy (non-hydrogen) atoms. The van der Waals surface area contributed by atoms with Gasteiger partial charge in [-0.3, -0.25) is 0 Å². The van der Waals surface area contributed by atoms with E-state index in [1.165, 1.54) is 13.2 Å². The molecule has 0 saturated heterocycles. The largest absolute Gasteiger partial charge is 0.464 e. The van der Waals surface area contributed by atoms with Crippen LogP contribution in [0, 0.1) is 0 Å². The molecule has 0 atom stereocenters. The number of aromatic nitrogens is 5. The number of hydrogen-bond donors (Lipinski definition) is 1. The first kappa shape index (κ1) is 12.0. The molecule has 2 rings (SSSR count). The molecule has 2 aromatic heterocycles. The lowest BCUT2D eigenvalue weighted by molar-refractivity contribution is 0.0593. The summed E-state index contributed by atoms with van der Waals surface area (Å²) in [5, 5.41) is 18.3. The molecule has 0 unspecified atom stereocenters. The Balaban J connectivity index is 1.98. The molecule has 0 aromatic carbocycles. The summed E-state index contributed by atoms with van der Waals surface area (Å²) in [6, 6.07) is 3.19. The van der Waals surface area contributed by atoms with Crippen LogP contribution in [0.15, 0.2) is 18.5 Å². The van der Waals surface area contributed by atoms with E-state index in [2.05, 4.69) is 30.4 Å². The first-order valence-corrected chi connectivity index (χ1v) is 5.19. The van der Waals surface area contributed by atoms with Gasteiger partial charge in [-0.15, -0.1) is 20.4 Å². The maximum absolute atomic E-state index is 11.1. The molecule has 0 aliphatic heterocycles. The van der Waals surface area contributed by atoms with Gasteiger partial charge >= 0.3 is 5.97 Å². The molecule has 0 amide bonds. The summed E-state index contributed by atoms with van der Waals surface area (Å²) in [6.45, 7) is 0.475. The number of rotatable bonds is 4. The Morgan fingerprint density at radius 3 is 2.78 bits per heavy atom. The molecule has 0 saturated carbocycles. The van der Waals surface area contributed by atoms with Crippen molar-refractivity contribution in [2.24, 2.45) is 7.05 Å². The minimum absolute atomic E-state index is 0.168. The van der Waals surface area contributed by atoms with Gasteiger partial charge in [0.25, 0.3) is 0 Å². The lowest BCUT2D eigenvalue weighted by Crippen LogP contribution is -2.09. The summed E-state index contributed by atoms with van der Waals surface area (Å²) in [4.78, 5) is 11.1. The van der Waals surface area contributed by atoms with Crippen LogP contribution in [0.4, 0.5) is 5.82 Å². The first-order chi connectivity index (χ1) is 8.70. The Morgan fingerprint density at radius 2 is 2.22 bits per heavy atom. The topological polar surface area (TPSA) is 94.8 Å². The average Bonchev–Trinajstić information content (AvgIpc) is 2.81. The van der Waals surface area contributed by atoms with Crippen LogP contribution in [-0.4, -0.2) is 38.0 Å². The number of hydrogen-bond acceptors (Lipinski definition) is 7.